The molecule has 0 saturated carbocycles. The summed E-state index contributed by atoms with van der Waals surface area (Å²) in [5.74, 6) is 1.05. The van der Waals surface area contributed by atoms with E-state index in [1.54, 1.807) is 14.0 Å². The van der Waals surface area contributed by atoms with Crippen LogP contribution < -0.4 is 20.3 Å². The van der Waals surface area contributed by atoms with Crippen molar-refractivity contribution in [1.29, 1.82) is 0 Å². The molecule has 10 nitrogen and oxygen atoms in total. The number of benzene rings is 1. The van der Waals surface area contributed by atoms with Gasteiger partial charge in [0.05, 0.1) is 6.61 Å². The largest absolute Gasteiger partial charge is 0.463 e. The number of piperazine rings is 1. The third-order valence-corrected chi connectivity index (χ3v) is 6.85. The molecule has 0 amide bonds. The Kier molecular flexibility index (Phi) is 12.4. The highest BCUT2D eigenvalue weighted by molar-refractivity contribution is 5.78. The highest BCUT2D eigenvalue weighted by Gasteiger charge is 2.20. The number of nitrogen functional groups attached to an aromatic ring is 1. The molecule has 2 heterocycles. The van der Waals surface area contributed by atoms with Gasteiger partial charge in [0, 0.05) is 51.9 Å². The van der Waals surface area contributed by atoms with E-state index in [1.165, 1.54) is 5.69 Å². The van der Waals surface area contributed by atoms with Gasteiger partial charge in [-0.05, 0) is 57.1 Å². The SMILES string of the molecule is C=Nc1c(N)nc(OCCCC)nc1N(CCCCCN1CCN(c2cccc(CC(C)=O)c2)CC1)COC. The molecule has 0 unspecified atom stereocenters. The third-order valence-electron chi connectivity index (χ3n) is 6.85. The number of aromatic nitrogens is 2. The molecule has 10 heteroatoms. The smallest absolute Gasteiger partial charge is 0.320 e. The highest BCUT2D eigenvalue weighted by atomic mass is 16.5. The van der Waals surface area contributed by atoms with Crippen LogP contribution in [-0.2, 0) is 16.0 Å². The molecule has 0 bridgehead atoms. The van der Waals surface area contributed by atoms with Crippen molar-refractivity contribution in [3.05, 3.63) is 29.8 Å². The molecule has 3 rings (SSSR count). The van der Waals surface area contributed by atoms with E-state index in [0.717, 1.165) is 76.9 Å². The predicted molar refractivity (Wildman–Crippen MR) is 159 cm³/mol. The second-order valence-corrected chi connectivity index (χ2v) is 10.0. The number of Topliss-reactive ketones (excluding diaryl/α,β-unsaturated/α-hetero) is 1. The summed E-state index contributed by atoms with van der Waals surface area (Å²) >= 11 is 0. The average molecular weight is 540 g/mol. The number of rotatable bonds is 17. The van der Waals surface area contributed by atoms with E-state index in [4.69, 9.17) is 15.2 Å². The topological polar surface area (TPSA) is 109 Å². The van der Waals surface area contributed by atoms with E-state index in [2.05, 4.69) is 56.6 Å². The first-order valence-corrected chi connectivity index (χ1v) is 14.0. The van der Waals surface area contributed by atoms with Crippen LogP contribution >= 0.6 is 0 Å². The van der Waals surface area contributed by atoms with Crippen molar-refractivity contribution >= 4 is 35.5 Å². The molecular weight excluding hydrogens is 494 g/mol. The molecule has 1 saturated heterocycles. The summed E-state index contributed by atoms with van der Waals surface area (Å²) < 4.78 is 11.2. The van der Waals surface area contributed by atoms with Crippen molar-refractivity contribution in [2.24, 2.45) is 4.99 Å². The fraction of sp³-hybridized carbons (Fsp3) is 0.586. The van der Waals surface area contributed by atoms with Crippen LogP contribution in [-0.4, -0.2) is 87.1 Å². The van der Waals surface area contributed by atoms with E-state index >= 15 is 0 Å². The van der Waals surface area contributed by atoms with Gasteiger partial charge in [0.15, 0.2) is 11.6 Å². The molecule has 39 heavy (non-hydrogen) atoms. The maximum atomic E-state index is 11.5. The number of methoxy groups -OCH3 is 1. The van der Waals surface area contributed by atoms with Crippen molar-refractivity contribution in [3.8, 4) is 6.01 Å². The molecule has 1 aliphatic heterocycles. The van der Waals surface area contributed by atoms with E-state index < -0.39 is 0 Å². The number of carbonyl (C=O) groups excluding carboxylic acids is 1. The number of anilines is 3. The molecule has 1 aromatic carbocycles. The zero-order valence-corrected chi connectivity index (χ0v) is 23.9. The minimum Gasteiger partial charge on any atom is -0.463 e. The fourth-order valence-corrected chi connectivity index (χ4v) is 4.77. The number of ketones is 1. The molecule has 1 aromatic heterocycles. The van der Waals surface area contributed by atoms with Gasteiger partial charge in [-0.2, -0.15) is 9.97 Å². The standard InChI is InChI=1S/C29H45N7O3/c1-5-6-19-39-29-32-27(30)26(31-3)28(33-29)36(22-38-4)14-9-7-8-13-34-15-17-35(18-16-34)25-12-10-11-24(21-25)20-23(2)37/h10-12,21H,3,5-9,13-20,22H2,1-2,4H3,(H2,30,32,33). The zero-order valence-electron chi connectivity index (χ0n) is 23.9. The summed E-state index contributed by atoms with van der Waals surface area (Å²) in [6.07, 6.45) is 5.64. The lowest BCUT2D eigenvalue weighted by Crippen LogP contribution is -2.46. The van der Waals surface area contributed by atoms with Gasteiger partial charge in [-0.3, -0.25) is 14.7 Å². The molecule has 1 aliphatic rings. The summed E-state index contributed by atoms with van der Waals surface area (Å²) in [6, 6.07) is 8.64. The Labute approximate surface area is 233 Å². The van der Waals surface area contributed by atoms with Crippen molar-refractivity contribution in [1.82, 2.24) is 14.9 Å². The van der Waals surface area contributed by atoms with Gasteiger partial charge in [0.2, 0.25) is 0 Å². The Morgan fingerprint density at radius 3 is 2.64 bits per heavy atom. The fourth-order valence-electron chi connectivity index (χ4n) is 4.77. The third kappa shape index (κ3) is 9.47. The Bertz CT molecular complexity index is 1060. The summed E-state index contributed by atoms with van der Waals surface area (Å²) in [5, 5.41) is 0. The molecule has 0 radical (unpaired) electrons. The maximum Gasteiger partial charge on any atom is 0.320 e. The summed E-state index contributed by atoms with van der Waals surface area (Å²) in [7, 11) is 1.66. The summed E-state index contributed by atoms with van der Waals surface area (Å²) in [4.78, 5) is 31.4. The Morgan fingerprint density at radius 2 is 1.95 bits per heavy atom. The first-order chi connectivity index (χ1) is 18.9. The van der Waals surface area contributed by atoms with Crippen LogP contribution in [0.5, 0.6) is 6.01 Å². The highest BCUT2D eigenvalue weighted by Crippen LogP contribution is 2.33. The van der Waals surface area contributed by atoms with Crippen LogP contribution in [0.2, 0.25) is 0 Å². The van der Waals surface area contributed by atoms with Gasteiger partial charge >= 0.3 is 6.01 Å². The van der Waals surface area contributed by atoms with Crippen molar-refractivity contribution in [2.75, 3.05) is 75.2 Å². The van der Waals surface area contributed by atoms with E-state index in [1.807, 2.05) is 11.0 Å². The van der Waals surface area contributed by atoms with Gasteiger partial charge in [-0.25, -0.2) is 0 Å². The molecule has 0 aliphatic carbocycles. The second-order valence-electron chi connectivity index (χ2n) is 10.0. The zero-order chi connectivity index (χ0) is 28.0. The predicted octanol–water partition coefficient (Wildman–Crippen LogP) is 4.10. The molecule has 1 fully saturated rings. The number of nitrogens with zero attached hydrogens (tertiary/aromatic N) is 6. The Hall–Kier alpha value is -3.24. The number of aliphatic imine (C=N–C) groups is 1. The number of ether oxygens (including phenoxy) is 2. The summed E-state index contributed by atoms with van der Waals surface area (Å²) in [5.41, 5.74) is 8.91. The van der Waals surface area contributed by atoms with Crippen molar-refractivity contribution in [3.63, 3.8) is 0 Å². The van der Waals surface area contributed by atoms with Crippen LogP contribution in [0.15, 0.2) is 29.3 Å². The van der Waals surface area contributed by atoms with Crippen molar-refractivity contribution < 1.29 is 14.3 Å². The Balaban J connectivity index is 1.46. The lowest BCUT2D eigenvalue weighted by molar-refractivity contribution is -0.116. The number of nitrogens with two attached hydrogens (primary N) is 1. The van der Waals surface area contributed by atoms with Crippen LogP contribution in [0.3, 0.4) is 0 Å². The van der Waals surface area contributed by atoms with Gasteiger partial charge in [0.1, 0.15) is 18.2 Å². The van der Waals surface area contributed by atoms with Crippen molar-refractivity contribution in [2.45, 2.75) is 52.4 Å². The number of carbonyl (C=O) groups is 1. The van der Waals surface area contributed by atoms with Crippen LogP contribution in [0.25, 0.3) is 0 Å². The lowest BCUT2D eigenvalue weighted by Gasteiger charge is -2.36. The van der Waals surface area contributed by atoms with Gasteiger partial charge in [0.25, 0.3) is 0 Å². The minimum atomic E-state index is 0.197. The number of hydrogen-bond acceptors (Lipinski definition) is 10. The summed E-state index contributed by atoms with van der Waals surface area (Å²) in [6.45, 7) is 14.2. The van der Waals surface area contributed by atoms with Gasteiger partial charge in [-0.15, -0.1) is 0 Å². The van der Waals surface area contributed by atoms with Gasteiger partial charge in [-0.1, -0.05) is 31.9 Å². The number of hydrogen-bond donors (Lipinski definition) is 1. The maximum absolute atomic E-state index is 11.5. The lowest BCUT2D eigenvalue weighted by atomic mass is 10.1. The molecule has 2 aromatic rings. The molecular formula is C29H45N7O3. The van der Waals surface area contributed by atoms with E-state index in [0.29, 0.717) is 31.3 Å². The van der Waals surface area contributed by atoms with E-state index in [9.17, 15) is 4.79 Å². The molecule has 0 atom stereocenters. The average Bonchev–Trinajstić information content (AvgIpc) is 2.92. The normalized spacial score (nSPS) is 13.9. The molecule has 0 spiro atoms. The van der Waals surface area contributed by atoms with E-state index in [-0.39, 0.29) is 17.6 Å². The van der Waals surface area contributed by atoms with Gasteiger partial charge < -0.3 is 25.0 Å². The van der Waals surface area contributed by atoms with Crippen LogP contribution in [0.4, 0.5) is 23.0 Å². The number of unbranched alkanes of at least 4 members (excludes halogenated alkanes) is 3. The molecule has 214 valence electrons. The first kappa shape index (κ1) is 30.3. The molecule has 2 N–H and O–H groups in total. The quantitative estimate of drug-likeness (QED) is 0.180. The van der Waals surface area contributed by atoms with Crippen LogP contribution in [0, 0.1) is 0 Å². The first-order valence-electron chi connectivity index (χ1n) is 14.0. The monoisotopic (exact) mass is 539 g/mol. The minimum absolute atomic E-state index is 0.197. The van der Waals surface area contributed by atoms with Crippen LogP contribution in [0.1, 0.15) is 51.5 Å². The Morgan fingerprint density at radius 1 is 1.15 bits per heavy atom. The second kappa shape index (κ2) is 16.0.